The molecule has 0 fully saturated rings. The maximum atomic E-state index is 13.1. The van der Waals surface area contributed by atoms with Crippen LogP contribution in [0.3, 0.4) is 0 Å². The lowest BCUT2D eigenvalue weighted by molar-refractivity contribution is -0.161. The minimum absolute atomic E-state index is 0.0955. The molecule has 0 aliphatic rings. The predicted molar refractivity (Wildman–Crippen MR) is 418 cm³/mol. The van der Waals surface area contributed by atoms with E-state index in [0.717, 1.165) is 103 Å². The number of allylic oxidation sites excluding steroid dienone is 2. The number of carbonyl (C=O) groups is 4. The molecular formula is C83H160O17P2. The number of hydrogen-bond donors (Lipinski definition) is 3. The van der Waals surface area contributed by atoms with Gasteiger partial charge in [-0.25, -0.2) is 9.13 Å². The van der Waals surface area contributed by atoms with Crippen molar-refractivity contribution in [1.82, 2.24) is 0 Å². The lowest BCUT2D eigenvalue weighted by Crippen LogP contribution is -2.30. The summed E-state index contributed by atoms with van der Waals surface area (Å²) < 4.78 is 68.8. The Morgan fingerprint density at radius 2 is 0.451 bits per heavy atom. The highest BCUT2D eigenvalue weighted by Crippen LogP contribution is 2.45. The van der Waals surface area contributed by atoms with Gasteiger partial charge in [0.15, 0.2) is 12.2 Å². The monoisotopic (exact) mass is 1490 g/mol. The Bertz CT molecular complexity index is 1980. The average molecular weight is 1490 g/mol. The van der Waals surface area contributed by atoms with Gasteiger partial charge < -0.3 is 33.8 Å². The molecule has 0 aromatic carbocycles. The first-order chi connectivity index (χ1) is 49.7. The van der Waals surface area contributed by atoms with Gasteiger partial charge in [0.2, 0.25) is 0 Å². The van der Waals surface area contributed by atoms with E-state index in [9.17, 15) is 43.2 Å². The molecule has 0 radical (unpaired) electrons. The third-order valence-electron chi connectivity index (χ3n) is 19.3. The van der Waals surface area contributed by atoms with Crippen molar-refractivity contribution in [3.05, 3.63) is 12.2 Å². The zero-order valence-corrected chi connectivity index (χ0v) is 68.1. The van der Waals surface area contributed by atoms with Crippen LogP contribution >= 0.6 is 15.6 Å². The number of hydrogen-bond acceptors (Lipinski definition) is 15. The molecular weight excluding hydrogens is 1330 g/mol. The second-order valence-electron chi connectivity index (χ2n) is 29.5. The van der Waals surface area contributed by atoms with E-state index in [0.29, 0.717) is 25.7 Å². The number of aliphatic hydroxyl groups is 1. The van der Waals surface area contributed by atoms with Crippen LogP contribution in [0.5, 0.6) is 0 Å². The zero-order valence-electron chi connectivity index (χ0n) is 66.3. The van der Waals surface area contributed by atoms with E-state index in [2.05, 4.69) is 39.8 Å². The van der Waals surface area contributed by atoms with E-state index >= 15 is 0 Å². The number of aliphatic hydroxyl groups excluding tert-OH is 1. The Hall–Kier alpha value is -2.20. The molecule has 102 heavy (non-hydrogen) atoms. The first kappa shape index (κ1) is 99.8. The highest BCUT2D eigenvalue weighted by Gasteiger charge is 2.30. The van der Waals surface area contributed by atoms with Gasteiger partial charge >= 0.3 is 39.5 Å². The first-order valence-corrected chi connectivity index (χ1v) is 45.9. The number of carbonyl (C=O) groups excluding carboxylic acids is 4. The van der Waals surface area contributed by atoms with E-state index in [-0.39, 0.29) is 25.7 Å². The van der Waals surface area contributed by atoms with E-state index in [1.807, 2.05) is 0 Å². The number of rotatable bonds is 83. The quantitative estimate of drug-likeness (QED) is 0.0169. The average Bonchev–Trinajstić information content (AvgIpc) is 0.932. The number of phosphoric acid groups is 2. The number of ether oxygens (including phenoxy) is 4. The third-order valence-corrected chi connectivity index (χ3v) is 21.2. The van der Waals surface area contributed by atoms with Crippen molar-refractivity contribution in [1.29, 1.82) is 0 Å². The van der Waals surface area contributed by atoms with Crippen molar-refractivity contribution in [2.24, 2.45) is 0 Å². The van der Waals surface area contributed by atoms with Crippen LogP contribution in [0.25, 0.3) is 0 Å². The van der Waals surface area contributed by atoms with Gasteiger partial charge in [0, 0.05) is 25.7 Å². The molecule has 604 valence electrons. The van der Waals surface area contributed by atoms with Gasteiger partial charge in [-0.05, 0) is 51.4 Å². The van der Waals surface area contributed by atoms with Crippen molar-refractivity contribution in [3.63, 3.8) is 0 Å². The van der Waals surface area contributed by atoms with Crippen LogP contribution < -0.4 is 0 Å². The molecule has 0 aromatic heterocycles. The maximum absolute atomic E-state index is 13.1. The SMILES string of the molecule is CCCCCCCC/C=C\CCCCCCCC(=O)O[C@H](COC(=O)CCCCCCCCCCCCCCCCCCC)COP(=O)(O)OC[C@@H](O)COP(=O)(O)OC[C@@H](COC(=O)CCCCCCCCCCCCCCC)OC(=O)CCCCCCCCCCCCCCCCCCC. The van der Waals surface area contributed by atoms with E-state index < -0.39 is 97.5 Å². The predicted octanol–water partition coefficient (Wildman–Crippen LogP) is 25.1. The second-order valence-corrected chi connectivity index (χ2v) is 32.4. The molecule has 0 aliphatic heterocycles. The van der Waals surface area contributed by atoms with Gasteiger partial charge in [-0.1, -0.05) is 374 Å². The smallest absolute Gasteiger partial charge is 0.462 e. The molecule has 17 nitrogen and oxygen atoms in total. The van der Waals surface area contributed by atoms with Crippen LogP contribution in [-0.2, 0) is 65.4 Å². The van der Waals surface area contributed by atoms with Crippen LogP contribution in [-0.4, -0.2) is 96.7 Å². The van der Waals surface area contributed by atoms with E-state index in [1.165, 1.54) is 257 Å². The topological polar surface area (TPSA) is 237 Å². The molecule has 0 aliphatic carbocycles. The Kier molecular flexibility index (Phi) is 75.3. The minimum atomic E-state index is -4.97. The summed E-state index contributed by atoms with van der Waals surface area (Å²) in [6.45, 7) is 5.02. The van der Waals surface area contributed by atoms with E-state index in [4.69, 9.17) is 37.0 Å². The molecule has 0 rings (SSSR count). The van der Waals surface area contributed by atoms with Crippen LogP contribution in [0.4, 0.5) is 0 Å². The van der Waals surface area contributed by atoms with Crippen molar-refractivity contribution in [2.45, 2.75) is 457 Å². The van der Waals surface area contributed by atoms with Gasteiger partial charge in [-0.2, -0.15) is 0 Å². The van der Waals surface area contributed by atoms with Gasteiger partial charge in [-0.3, -0.25) is 37.3 Å². The van der Waals surface area contributed by atoms with Crippen LogP contribution in [0.2, 0.25) is 0 Å². The summed E-state index contributed by atoms with van der Waals surface area (Å²) in [6.07, 6.45) is 71.7. The summed E-state index contributed by atoms with van der Waals surface area (Å²) in [4.78, 5) is 73.1. The molecule has 0 spiro atoms. The Labute approximate surface area is 625 Å². The van der Waals surface area contributed by atoms with Crippen LogP contribution in [0.15, 0.2) is 12.2 Å². The Morgan fingerprint density at radius 1 is 0.265 bits per heavy atom. The van der Waals surface area contributed by atoms with Gasteiger partial charge in [0.1, 0.15) is 19.3 Å². The number of phosphoric ester groups is 2. The molecule has 0 saturated carbocycles. The number of esters is 4. The Morgan fingerprint density at radius 3 is 0.676 bits per heavy atom. The lowest BCUT2D eigenvalue weighted by atomic mass is 10.0. The molecule has 0 saturated heterocycles. The fraction of sp³-hybridized carbons (Fsp3) is 0.928. The zero-order chi connectivity index (χ0) is 74.6. The summed E-state index contributed by atoms with van der Waals surface area (Å²) in [5, 5.41) is 10.7. The summed E-state index contributed by atoms with van der Waals surface area (Å²) in [6, 6.07) is 0. The van der Waals surface area contributed by atoms with E-state index in [1.54, 1.807) is 0 Å². The molecule has 5 atom stereocenters. The summed E-state index contributed by atoms with van der Waals surface area (Å²) >= 11 is 0. The highest BCUT2D eigenvalue weighted by atomic mass is 31.2. The van der Waals surface area contributed by atoms with Crippen molar-refractivity contribution >= 4 is 39.5 Å². The van der Waals surface area contributed by atoms with Gasteiger partial charge in [-0.15, -0.1) is 0 Å². The second kappa shape index (κ2) is 77.0. The Balaban J connectivity index is 5.28. The lowest BCUT2D eigenvalue weighted by Gasteiger charge is -2.21. The van der Waals surface area contributed by atoms with Crippen LogP contribution in [0, 0.1) is 0 Å². The van der Waals surface area contributed by atoms with Crippen molar-refractivity contribution in [3.8, 4) is 0 Å². The van der Waals surface area contributed by atoms with Crippen molar-refractivity contribution in [2.75, 3.05) is 39.6 Å². The molecule has 2 unspecified atom stereocenters. The van der Waals surface area contributed by atoms with Crippen molar-refractivity contribution < 1.29 is 80.2 Å². The largest absolute Gasteiger partial charge is 0.472 e. The summed E-state index contributed by atoms with van der Waals surface area (Å²) in [5.41, 5.74) is 0. The standard InChI is InChI=1S/C83H160O17P2/c1-5-9-13-17-21-25-29-33-36-38-41-44-48-52-56-60-64-68-81(86)94-74-79(99-82(87)69-65-61-57-53-49-45-40-35-31-27-23-19-15-11-7-3)76-98-102(91,92)96-72-77(84)71-95-101(89,90)97-75-78(73-93-80(85)67-63-59-55-51-47-43-32-28-24-20-16-12-8-4)100-83(88)70-66-62-58-54-50-46-42-39-37-34-30-26-22-18-14-10-6-2/h35,40,77-79,84H,5-34,36-39,41-76H2,1-4H3,(H,89,90)(H,91,92)/b40-35-/t77-,78+,79+/m0/s1. The molecule has 19 heteroatoms. The van der Waals surface area contributed by atoms with Gasteiger partial charge in [0.05, 0.1) is 26.4 Å². The fourth-order valence-corrected chi connectivity index (χ4v) is 14.3. The highest BCUT2D eigenvalue weighted by molar-refractivity contribution is 7.47. The minimum Gasteiger partial charge on any atom is -0.462 e. The summed E-state index contributed by atoms with van der Waals surface area (Å²) in [7, 11) is -9.93. The fourth-order valence-electron chi connectivity index (χ4n) is 12.7. The maximum Gasteiger partial charge on any atom is 0.472 e. The molecule has 0 bridgehead atoms. The molecule has 3 N–H and O–H groups in total. The molecule has 0 heterocycles. The molecule has 0 amide bonds. The first-order valence-electron chi connectivity index (χ1n) is 42.9. The number of unbranched alkanes of at least 4 members (excludes halogenated alkanes) is 55. The van der Waals surface area contributed by atoms with Gasteiger partial charge in [0.25, 0.3) is 0 Å². The summed E-state index contributed by atoms with van der Waals surface area (Å²) in [5.74, 6) is -2.12. The molecule has 0 aromatic rings. The normalized spacial score (nSPS) is 13.8. The third kappa shape index (κ3) is 76.0. The van der Waals surface area contributed by atoms with Crippen LogP contribution in [0.1, 0.15) is 439 Å².